The molecule has 0 bridgehead atoms. The van der Waals surface area contributed by atoms with Gasteiger partial charge in [-0.25, -0.2) is 0 Å². The molecule has 6 nitrogen and oxygen atoms in total. The first-order valence-electron chi connectivity index (χ1n) is 31.6. The molecule has 79 heavy (non-hydrogen) atoms. The molecule has 6 heteroatoms. The Balaban J connectivity index is 4.61. The van der Waals surface area contributed by atoms with Crippen molar-refractivity contribution in [1.29, 1.82) is 0 Å². The molecule has 1 unspecified atom stereocenters. The van der Waals surface area contributed by atoms with Gasteiger partial charge in [-0.3, -0.25) is 14.4 Å². The molecule has 0 saturated carbocycles. The zero-order chi connectivity index (χ0) is 57.1. The summed E-state index contributed by atoms with van der Waals surface area (Å²) in [5, 5.41) is 0. The average molecular weight is 1090 g/mol. The van der Waals surface area contributed by atoms with E-state index in [9.17, 15) is 14.4 Å². The maximum atomic E-state index is 12.9. The number of hydrogen-bond donors (Lipinski definition) is 0. The largest absolute Gasteiger partial charge is 0.462 e. The number of carbonyl (C=O) groups excluding carboxylic acids is 3. The second-order valence-corrected chi connectivity index (χ2v) is 20.2. The van der Waals surface area contributed by atoms with Gasteiger partial charge in [0.05, 0.1) is 0 Å². The second kappa shape index (κ2) is 65.3. The Kier molecular flexibility index (Phi) is 61.0. The van der Waals surface area contributed by atoms with Gasteiger partial charge >= 0.3 is 17.9 Å². The van der Waals surface area contributed by atoms with E-state index in [0.29, 0.717) is 19.3 Å². The van der Waals surface area contributed by atoms with Gasteiger partial charge in [0.15, 0.2) is 6.10 Å². The lowest BCUT2D eigenvalue weighted by molar-refractivity contribution is -0.167. The Morgan fingerprint density at radius 2 is 0.506 bits per heavy atom. The van der Waals surface area contributed by atoms with E-state index in [1.165, 1.54) is 77.0 Å². The van der Waals surface area contributed by atoms with Crippen molar-refractivity contribution in [3.8, 4) is 0 Å². The van der Waals surface area contributed by atoms with Crippen LogP contribution in [0.25, 0.3) is 0 Å². The van der Waals surface area contributed by atoms with Crippen LogP contribution in [0.5, 0.6) is 0 Å². The van der Waals surface area contributed by atoms with Gasteiger partial charge in [-0.2, -0.15) is 0 Å². The summed E-state index contributed by atoms with van der Waals surface area (Å²) in [4.78, 5) is 38.3. The van der Waals surface area contributed by atoms with Gasteiger partial charge in [0.25, 0.3) is 0 Å². The molecule has 0 amide bonds. The molecule has 442 valence electrons. The molecule has 0 aliphatic carbocycles. The molecule has 0 spiro atoms. The molecule has 0 radical (unpaired) electrons. The van der Waals surface area contributed by atoms with Crippen LogP contribution in [0, 0.1) is 0 Å². The van der Waals surface area contributed by atoms with Gasteiger partial charge in [-0.15, -0.1) is 0 Å². The molecule has 0 rings (SSSR count). The summed E-state index contributed by atoms with van der Waals surface area (Å²) in [7, 11) is 0. The molecule has 0 aromatic rings. The van der Waals surface area contributed by atoms with Gasteiger partial charge < -0.3 is 14.2 Å². The Morgan fingerprint density at radius 3 is 0.861 bits per heavy atom. The van der Waals surface area contributed by atoms with Gasteiger partial charge in [0.1, 0.15) is 13.2 Å². The summed E-state index contributed by atoms with van der Waals surface area (Å²) >= 11 is 0. The summed E-state index contributed by atoms with van der Waals surface area (Å²) in [6, 6.07) is 0. The molecule has 1 atom stereocenters. The van der Waals surface area contributed by atoms with E-state index in [1.54, 1.807) is 0 Å². The molecular weight excluding hydrogens is 973 g/mol. The highest BCUT2D eigenvalue weighted by Gasteiger charge is 2.19. The summed E-state index contributed by atoms with van der Waals surface area (Å²) in [6.45, 7) is 6.31. The number of carbonyl (C=O) groups is 3. The number of unbranched alkanes of at least 4 members (excludes halogenated alkanes) is 16. The van der Waals surface area contributed by atoms with Crippen molar-refractivity contribution in [2.24, 2.45) is 0 Å². The van der Waals surface area contributed by atoms with Crippen molar-refractivity contribution in [3.05, 3.63) is 170 Å². The smallest absolute Gasteiger partial charge is 0.306 e. The van der Waals surface area contributed by atoms with Crippen LogP contribution < -0.4 is 0 Å². The highest BCUT2D eigenvalue weighted by molar-refractivity contribution is 5.71. The number of allylic oxidation sites excluding steroid dienone is 28. The number of ether oxygens (including phenoxy) is 3. The highest BCUT2D eigenvalue weighted by atomic mass is 16.6. The SMILES string of the molecule is CC/C=C\C/C=C\C/C=C\C/C=C\C/C=C\C/C=C\C/C=C\CCCC(=O)OCC(COC(=O)CCCCCCCCC/C=C\CCCCCCCC)OC(=O)CCCC/C=C\C/C=C\C/C=C\C/C=C\C/C=C\C/C=C\CC. The Labute approximate surface area is 485 Å². The molecule has 0 aliphatic rings. The van der Waals surface area contributed by atoms with Crippen LogP contribution in [-0.4, -0.2) is 37.2 Å². The monoisotopic (exact) mass is 1090 g/mol. The van der Waals surface area contributed by atoms with Crippen molar-refractivity contribution in [1.82, 2.24) is 0 Å². The third kappa shape index (κ3) is 63.5. The Bertz CT molecular complexity index is 1820. The van der Waals surface area contributed by atoms with Crippen LogP contribution in [0.1, 0.15) is 252 Å². The zero-order valence-electron chi connectivity index (χ0n) is 50.6. The molecule has 0 heterocycles. The lowest BCUT2D eigenvalue weighted by Gasteiger charge is -2.18. The van der Waals surface area contributed by atoms with Gasteiger partial charge in [0.2, 0.25) is 0 Å². The minimum Gasteiger partial charge on any atom is -0.462 e. The van der Waals surface area contributed by atoms with Crippen LogP contribution in [0.4, 0.5) is 0 Å². The van der Waals surface area contributed by atoms with E-state index in [1.807, 2.05) is 0 Å². The first kappa shape index (κ1) is 73.8. The fraction of sp³-hybridized carbons (Fsp3) is 0.575. The third-order valence-corrected chi connectivity index (χ3v) is 12.7. The minimum absolute atomic E-state index is 0.124. The lowest BCUT2D eigenvalue weighted by Crippen LogP contribution is -2.30. The van der Waals surface area contributed by atoms with Crippen LogP contribution in [0.2, 0.25) is 0 Å². The highest BCUT2D eigenvalue weighted by Crippen LogP contribution is 2.13. The standard InChI is InChI=1S/C73H114O6/c1-4-7-10-13-16-19-22-25-28-31-33-35-36-38-39-42-45-48-51-54-57-60-63-66-72(75)78-69-70(68-77-71(74)65-62-59-56-53-50-47-44-41-30-27-24-21-18-15-12-9-6-3)79-73(76)67-64-61-58-55-52-49-46-43-40-37-34-32-29-26-23-20-17-14-11-8-5-2/h7-8,10-11,16-17,19-20,25-30,33-35,37-39,43,45-46,48,52,54-55,57,70H,4-6,9,12-15,18,21-24,31-32,36,40-42,44,47,49-51,53,56,58-69H2,1-3H3/b10-7-,11-8-,19-16-,20-17-,28-25-,29-26-,30-27-,35-33-,37-34-,39-38-,46-43-,48-45-,55-52-,57-54-. The van der Waals surface area contributed by atoms with Crippen molar-refractivity contribution in [3.63, 3.8) is 0 Å². The Morgan fingerprint density at radius 1 is 0.266 bits per heavy atom. The molecule has 0 aliphatic heterocycles. The molecular formula is C73H114O6. The summed E-state index contributed by atoms with van der Waals surface area (Å²) in [6.07, 6.45) is 96.4. The van der Waals surface area contributed by atoms with E-state index < -0.39 is 6.10 Å². The Hall–Kier alpha value is -5.23. The van der Waals surface area contributed by atoms with Crippen LogP contribution >= 0.6 is 0 Å². The third-order valence-electron chi connectivity index (χ3n) is 12.7. The summed E-state index contributed by atoms with van der Waals surface area (Å²) in [5.41, 5.74) is 0. The predicted molar refractivity (Wildman–Crippen MR) is 343 cm³/mol. The fourth-order valence-corrected chi connectivity index (χ4v) is 8.02. The van der Waals surface area contributed by atoms with Crippen molar-refractivity contribution in [2.45, 2.75) is 258 Å². The maximum absolute atomic E-state index is 12.9. The van der Waals surface area contributed by atoms with E-state index in [2.05, 4.69) is 191 Å². The maximum Gasteiger partial charge on any atom is 0.306 e. The predicted octanol–water partition coefficient (Wildman–Crippen LogP) is 21.9. The lowest BCUT2D eigenvalue weighted by atomic mass is 10.1. The van der Waals surface area contributed by atoms with E-state index in [-0.39, 0.29) is 44.0 Å². The normalized spacial score (nSPS) is 13.3. The number of esters is 3. The first-order valence-corrected chi connectivity index (χ1v) is 31.6. The molecule has 0 saturated heterocycles. The van der Waals surface area contributed by atoms with E-state index in [4.69, 9.17) is 14.2 Å². The minimum atomic E-state index is -0.838. The average Bonchev–Trinajstić information content (AvgIpc) is 3.45. The van der Waals surface area contributed by atoms with Crippen LogP contribution in [0.3, 0.4) is 0 Å². The molecule has 0 N–H and O–H groups in total. The number of hydrogen-bond acceptors (Lipinski definition) is 6. The van der Waals surface area contributed by atoms with Crippen molar-refractivity contribution in [2.75, 3.05) is 13.2 Å². The molecule has 0 fully saturated rings. The zero-order valence-corrected chi connectivity index (χ0v) is 50.6. The van der Waals surface area contributed by atoms with E-state index in [0.717, 1.165) is 122 Å². The topological polar surface area (TPSA) is 78.9 Å². The molecule has 0 aromatic heterocycles. The molecule has 0 aromatic carbocycles. The summed E-state index contributed by atoms with van der Waals surface area (Å²) in [5.74, 6) is -1.04. The fourth-order valence-electron chi connectivity index (χ4n) is 8.02. The second-order valence-electron chi connectivity index (χ2n) is 20.2. The van der Waals surface area contributed by atoms with Gasteiger partial charge in [-0.05, 0) is 148 Å². The van der Waals surface area contributed by atoms with E-state index >= 15 is 0 Å². The number of rotatable bonds is 55. The first-order chi connectivity index (χ1) is 39.0. The van der Waals surface area contributed by atoms with Crippen molar-refractivity contribution < 1.29 is 28.6 Å². The quantitative estimate of drug-likeness (QED) is 0.0261. The van der Waals surface area contributed by atoms with Gasteiger partial charge in [-0.1, -0.05) is 255 Å². The van der Waals surface area contributed by atoms with Crippen LogP contribution in [0.15, 0.2) is 170 Å². The van der Waals surface area contributed by atoms with Gasteiger partial charge in [0, 0.05) is 19.3 Å². The van der Waals surface area contributed by atoms with Crippen LogP contribution in [-0.2, 0) is 28.6 Å². The van der Waals surface area contributed by atoms with Crippen molar-refractivity contribution >= 4 is 17.9 Å². The summed E-state index contributed by atoms with van der Waals surface area (Å²) < 4.78 is 16.8.